The van der Waals surface area contributed by atoms with Gasteiger partial charge < -0.3 is 15.4 Å². The van der Waals surface area contributed by atoms with Crippen LogP contribution in [-0.2, 0) is 0 Å². The number of rotatable bonds is 6. The first-order valence-electron chi connectivity index (χ1n) is 9.13. The second-order valence-electron chi connectivity index (χ2n) is 6.68. The molecule has 0 atom stereocenters. The summed E-state index contributed by atoms with van der Waals surface area (Å²) in [5.74, 6) is -0.329. The summed E-state index contributed by atoms with van der Waals surface area (Å²) in [4.78, 5) is 29.9. The van der Waals surface area contributed by atoms with Crippen LogP contribution >= 0.6 is 23.2 Å². The number of halogens is 2. The van der Waals surface area contributed by atoms with Crippen molar-refractivity contribution in [3.8, 4) is 11.7 Å². The van der Waals surface area contributed by atoms with Crippen LogP contribution in [0.25, 0.3) is 5.82 Å². The van der Waals surface area contributed by atoms with Gasteiger partial charge in [0.2, 0.25) is 5.88 Å². The van der Waals surface area contributed by atoms with Crippen molar-refractivity contribution in [3.63, 3.8) is 0 Å². The predicted molar refractivity (Wildman–Crippen MR) is 113 cm³/mol. The summed E-state index contributed by atoms with van der Waals surface area (Å²) < 4.78 is 6.45. The van der Waals surface area contributed by atoms with E-state index in [1.165, 1.54) is 30.1 Å². The van der Waals surface area contributed by atoms with Crippen molar-refractivity contribution in [1.82, 2.24) is 20.1 Å². The van der Waals surface area contributed by atoms with E-state index in [0.29, 0.717) is 15.7 Å². The highest BCUT2D eigenvalue weighted by Crippen LogP contribution is 2.26. The number of nitrogens with zero attached hydrogens (tertiary/aromatic N) is 3. The lowest BCUT2D eigenvalue weighted by molar-refractivity contribution is 0.0952. The zero-order chi connectivity index (χ0) is 21.3. The normalized spacial score (nSPS) is 13.0. The molecule has 1 aliphatic rings. The summed E-state index contributed by atoms with van der Waals surface area (Å²) in [5, 5.41) is 10.6. The zero-order valence-corrected chi connectivity index (χ0v) is 17.4. The molecule has 154 valence electrons. The van der Waals surface area contributed by atoms with Crippen LogP contribution in [-0.4, -0.2) is 39.7 Å². The second-order valence-corrected chi connectivity index (χ2v) is 7.53. The quantitative estimate of drug-likeness (QED) is 0.602. The SMILES string of the molecule is COc1cc(C(=O)Nc2ccc(Cl)cc2C(=O)NC2CC2)n(-c2ncccc2Cl)n1. The largest absolute Gasteiger partial charge is 0.480 e. The van der Waals surface area contributed by atoms with Gasteiger partial charge in [-0.2, -0.15) is 0 Å². The van der Waals surface area contributed by atoms with E-state index in [4.69, 9.17) is 27.9 Å². The van der Waals surface area contributed by atoms with Crippen molar-refractivity contribution < 1.29 is 14.3 Å². The highest BCUT2D eigenvalue weighted by Gasteiger charge is 2.26. The molecule has 10 heteroatoms. The number of nitrogens with one attached hydrogen (secondary N) is 2. The van der Waals surface area contributed by atoms with Gasteiger partial charge in [0.05, 0.1) is 23.4 Å². The third-order valence-corrected chi connectivity index (χ3v) is 4.99. The molecule has 2 aromatic heterocycles. The number of hydrogen-bond donors (Lipinski definition) is 2. The molecule has 3 aromatic rings. The molecule has 8 nitrogen and oxygen atoms in total. The number of pyridine rings is 1. The maximum absolute atomic E-state index is 13.1. The van der Waals surface area contributed by atoms with Crippen LogP contribution in [0.5, 0.6) is 5.88 Å². The van der Waals surface area contributed by atoms with Crippen LogP contribution in [0.4, 0.5) is 5.69 Å². The average Bonchev–Trinajstić information content (AvgIpc) is 3.44. The summed E-state index contributed by atoms with van der Waals surface area (Å²) in [6, 6.07) is 9.62. The Morgan fingerprint density at radius 1 is 1.17 bits per heavy atom. The molecule has 0 saturated heterocycles. The first-order chi connectivity index (χ1) is 14.5. The lowest BCUT2D eigenvalue weighted by Gasteiger charge is -2.12. The van der Waals surface area contributed by atoms with Crippen LogP contribution in [0.15, 0.2) is 42.6 Å². The number of carbonyl (C=O) groups is 2. The van der Waals surface area contributed by atoms with Gasteiger partial charge in [-0.05, 0) is 43.2 Å². The van der Waals surface area contributed by atoms with Gasteiger partial charge in [0, 0.05) is 23.3 Å². The fourth-order valence-corrected chi connectivity index (χ4v) is 3.18. The van der Waals surface area contributed by atoms with Gasteiger partial charge in [-0.15, -0.1) is 5.10 Å². The topological polar surface area (TPSA) is 98.1 Å². The molecule has 2 N–H and O–H groups in total. The highest BCUT2D eigenvalue weighted by molar-refractivity contribution is 6.32. The molecule has 2 amide bonds. The van der Waals surface area contributed by atoms with E-state index >= 15 is 0 Å². The highest BCUT2D eigenvalue weighted by atomic mass is 35.5. The molecule has 1 saturated carbocycles. The Bertz CT molecular complexity index is 1130. The number of benzene rings is 1. The Labute approximate surface area is 182 Å². The number of anilines is 1. The van der Waals surface area contributed by atoms with Gasteiger partial charge in [-0.1, -0.05) is 23.2 Å². The fraction of sp³-hybridized carbons (Fsp3) is 0.200. The van der Waals surface area contributed by atoms with Gasteiger partial charge in [0.1, 0.15) is 5.69 Å². The minimum Gasteiger partial charge on any atom is -0.480 e. The molecule has 0 aliphatic heterocycles. The van der Waals surface area contributed by atoms with Gasteiger partial charge in [0.25, 0.3) is 11.8 Å². The summed E-state index contributed by atoms with van der Waals surface area (Å²) in [5.41, 5.74) is 0.731. The molecule has 2 heterocycles. The summed E-state index contributed by atoms with van der Waals surface area (Å²) in [6.07, 6.45) is 3.42. The average molecular weight is 446 g/mol. The summed E-state index contributed by atoms with van der Waals surface area (Å²) in [6.45, 7) is 0. The zero-order valence-electron chi connectivity index (χ0n) is 15.9. The molecule has 0 spiro atoms. The van der Waals surface area contributed by atoms with E-state index < -0.39 is 5.91 Å². The van der Waals surface area contributed by atoms with E-state index in [2.05, 4.69) is 20.7 Å². The van der Waals surface area contributed by atoms with Crippen LogP contribution in [0.3, 0.4) is 0 Å². The maximum atomic E-state index is 13.1. The number of amides is 2. The predicted octanol–water partition coefficient (Wildman–Crippen LogP) is 3.73. The van der Waals surface area contributed by atoms with Crippen LogP contribution < -0.4 is 15.4 Å². The number of hydrogen-bond acceptors (Lipinski definition) is 5. The van der Waals surface area contributed by atoms with Crippen LogP contribution in [0.2, 0.25) is 10.0 Å². The molecule has 0 unspecified atom stereocenters. The van der Waals surface area contributed by atoms with Crippen molar-refractivity contribution in [2.75, 3.05) is 12.4 Å². The Balaban J connectivity index is 1.67. The third kappa shape index (κ3) is 4.24. The van der Waals surface area contributed by atoms with Crippen molar-refractivity contribution in [1.29, 1.82) is 0 Å². The molecular weight excluding hydrogens is 429 g/mol. The lowest BCUT2D eigenvalue weighted by atomic mass is 10.1. The smallest absolute Gasteiger partial charge is 0.274 e. The first kappa shape index (κ1) is 20.2. The minimum atomic E-state index is -0.518. The Kier molecular flexibility index (Phi) is 5.61. The van der Waals surface area contributed by atoms with Gasteiger partial charge in [-0.25, -0.2) is 9.67 Å². The molecule has 30 heavy (non-hydrogen) atoms. The molecule has 1 aromatic carbocycles. The monoisotopic (exact) mass is 445 g/mol. The Morgan fingerprint density at radius 3 is 2.67 bits per heavy atom. The Hall–Kier alpha value is -3.10. The van der Waals surface area contributed by atoms with Gasteiger partial charge >= 0.3 is 0 Å². The molecule has 4 rings (SSSR count). The van der Waals surface area contributed by atoms with Crippen LogP contribution in [0.1, 0.15) is 33.7 Å². The second kappa shape index (κ2) is 8.33. The third-order valence-electron chi connectivity index (χ3n) is 4.46. The minimum absolute atomic E-state index is 0.135. The van der Waals surface area contributed by atoms with E-state index in [-0.39, 0.29) is 34.9 Å². The number of aromatic nitrogens is 3. The fourth-order valence-electron chi connectivity index (χ4n) is 2.81. The standard InChI is InChI=1S/C20H17Cl2N5O3/c1-30-17-10-16(27(26-17)18-14(22)3-2-8-23-18)20(29)25-15-7-4-11(21)9-13(15)19(28)24-12-5-6-12/h2-4,7-10,12H,5-6H2,1H3,(H,24,28)(H,25,29). The van der Waals surface area contributed by atoms with E-state index in [1.807, 2.05) is 0 Å². The number of methoxy groups -OCH3 is 1. The van der Waals surface area contributed by atoms with E-state index in [9.17, 15) is 9.59 Å². The van der Waals surface area contributed by atoms with Gasteiger partial charge in [-0.3, -0.25) is 9.59 Å². The van der Waals surface area contributed by atoms with E-state index in [0.717, 1.165) is 12.8 Å². The Morgan fingerprint density at radius 2 is 1.97 bits per heavy atom. The van der Waals surface area contributed by atoms with Crippen LogP contribution in [0, 0.1) is 0 Å². The van der Waals surface area contributed by atoms with Crippen molar-refractivity contribution in [3.05, 3.63) is 63.9 Å². The molecule has 0 radical (unpaired) electrons. The van der Waals surface area contributed by atoms with Gasteiger partial charge in [0.15, 0.2) is 5.82 Å². The van der Waals surface area contributed by atoms with E-state index in [1.54, 1.807) is 24.3 Å². The molecular formula is C20H17Cl2N5O3. The van der Waals surface area contributed by atoms with Crippen molar-refractivity contribution in [2.24, 2.45) is 0 Å². The molecule has 1 fully saturated rings. The maximum Gasteiger partial charge on any atom is 0.274 e. The number of carbonyl (C=O) groups excluding carboxylic acids is 2. The summed E-state index contributed by atoms with van der Waals surface area (Å²) in [7, 11) is 1.44. The molecule has 1 aliphatic carbocycles. The van der Waals surface area contributed by atoms with Crippen molar-refractivity contribution >= 4 is 40.7 Å². The first-order valence-corrected chi connectivity index (χ1v) is 9.88. The summed E-state index contributed by atoms with van der Waals surface area (Å²) >= 11 is 12.3. The molecule has 0 bridgehead atoms. The van der Waals surface area contributed by atoms with Crippen molar-refractivity contribution in [2.45, 2.75) is 18.9 Å². The lowest BCUT2D eigenvalue weighted by Crippen LogP contribution is -2.27. The number of ether oxygens (including phenoxy) is 1.